The van der Waals surface area contributed by atoms with Gasteiger partial charge in [0.15, 0.2) is 0 Å². The molecule has 1 saturated carbocycles. The number of rotatable bonds is 5. The maximum Gasteiger partial charge on any atom is 0.269 e. The second-order valence-corrected chi connectivity index (χ2v) is 7.53. The highest BCUT2D eigenvalue weighted by Gasteiger charge is 2.39. The molecule has 0 bridgehead atoms. The van der Waals surface area contributed by atoms with Gasteiger partial charge in [-0.3, -0.25) is 15.0 Å². The summed E-state index contributed by atoms with van der Waals surface area (Å²) in [5, 5.41) is 10.9. The molecule has 5 nitrogen and oxygen atoms in total. The second-order valence-electron chi connectivity index (χ2n) is 7.53. The van der Waals surface area contributed by atoms with Crippen molar-refractivity contribution in [3.05, 3.63) is 69.8 Å². The minimum atomic E-state index is -0.326. The number of nitro benzene ring substituents is 1. The monoisotopic (exact) mass is 351 g/mol. The highest BCUT2D eigenvalue weighted by molar-refractivity contribution is 5.57. The van der Waals surface area contributed by atoms with Crippen LogP contribution in [0.15, 0.2) is 48.5 Å². The van der Waals surface area contributed by atoms with Crippen LogP contribution >= 0.6 is 0 Å². The molecule has 0 aromatic heterocycles. The van der Waals surface area contributed by atoms with Crippen LogP contribution in [0, 0.1) is 23.0 Å². The second kappa shape index (κ2) is 7.08. The van der Waals surface area contributed by atoms with E-state index in [0.717, 1.165) is 49.3 Å². The molecule has 5 heteroatoms. The minimum absolute atomic E-state index is 0.172. The van der Waals surface area contributed by atoms with Gasteiger partial charge in [0.05, 0.1) is 4.92 Å². The minimum Gasteiger partial charge on any atom is -0.369 e. The summed E-state index contributed by atoms with van der Waals surface area (Å²) in [6.07, 6.45) is 1.31. The molecule has 1 heterocycles. The fourth-order valence-electron chi connectivity index (χ4n) is 4.17. The molecule has 2 aliphatic rings. The van der Waals surface area contributed by atoms with E-state index in [1.165, 1.54) is 18.5 Å². The average Bonchev–Trinajstić information content (AvgIpc) is 3.42. The predicted molar refractivity (Wildman–Crippen MR) is 104 cm³/mol. The average molecular weight is 351 g/mol. The van der Waals surface area contributed by atoms with Gasteiger partial charge in [0.1, 0.15) is 0 Å². The summed E-state index contributed by atoms with van der Waals surface area (Å²) in [5.41, 5.74) is 3.77. The van der Waals surface area contributed by atoms with E-state index in [4.69, 9.17) is 0 Å². The van der Waals surface area contributed by atoms with Crippen LogP contribution in [-0.4, -0.2) is 42.5 Å². The smallest absolute Gasteiger partial charge is 0.269 e. The van der Waals surface area contributed by atoms with Crippen LogP contribution in [0.5, 0.6) is 0 Å². The predicted octanol–water partition coefficient (Wildman–Crippen LogP) is 3.83. The number of hydrogen-bond donors (Lipinski definition) is 0. The van der Waals surface area contributed by atoms with Gasteiger partial charge in [0, 0.05) is 50.5 Å². The molecular weight excluding hydrogens is 326 g/mol. The van der Waals surface area contributed by atoms with Gasteiger partial charge in [-0.2, -0.15) is 0 Å². The number of anilines is 1. The third-order valence-corrected chi connectivity index (χ3v) is 5.75. The highest BCUT2D eigenvalue weighted by atomic mass is 16.6. The van der Waals surface area contributed by atoms with Crippen LogP contribution in [0.4, 0.5) is 11.4 Å². The van der Waals surface area contributed by atoms with Crippen molar-refractivity contribution in [3.63, 3.8) is 0 Å². The molecule has 2 aromatic rings. The molecule has 2 atom stereocenters. The van der Waals surface area contributed by atoms with Crippen LogP contribution in [0.25, 0.3) is 0 Å². The summed E-state index contributed by atoms with van der Waals surface area (Å²) in [6, 6.07) is 16.0. The third kappa shape index (κ3) is 3.58. The Hall–Kier alpha value is -2.40. The zero-order valence-corrected chi connectivity index (χ0v) is 15.2. The Labute approximate surface area is 154 Å². The van der Waals surface area contributed by atoms with Gasteiger partial charge in [-0.05, 0) is 42.4 Å². The normalized spacial score (nSPS) is 23.0. The zero-order valence-electron chi connectivity index (χ0n) is 15.2. The molecule has 4 rings (SSSR count). The quantitative estimate of drug-likeness (QED) is 0.607. The Morgan fingerprint density at radius 1 is 1.08 bits per heavy atom. The van der Waals surface area contributed by atoms with Crippen LogP contribution < -0.4 is 4.90 Å². The molecular formula is C21H25N3O2. The standard InChI is InChI=1S/C21H25N3O2/c1-16-13-19(24(25)26)7-8-21(16)23-11-9-22(10-12-23)15-18-14-20(18)17-5-3-2-4-6-17/h2-8,13,18,20H,9-12,14-15H2,1H3/t18-,20-/m1/s1. The van der Waals surface area contributed by atoms with Crippen molar-refractivity contribution in [2.45, 2.75) is 19.3 Å². The Balaban J connectivity index is 1.30. The summed E-state index contributed by atoms with van der Waals surface area (Å²) in [7, 11) is 0. The van der Waals surface area contributed by atoms with E-state index in [0.29, 0.717) is 0 Å². The van der Waals surface area contributed by atoms with E-state index in [1.807, 2.05) is 13.0 Å². The summed E-state index contributed by atoms with van der Waals surface area (Å²) in [5.74, 6) is 1.54. The lowest BCUT2D eigenvalue weighted by Crippen LogP contribution is -2.47. The number of benzene rings is 2. The summed E-state index contributed by atoms with van der Waals surface area (Å²) in [4.78, 5) is 15.5. The van der Waals surface area contributed by atoms with Crippen molar-refractivity contribution in [3.8, 4) is 0 Å². The summed E-state index contributed by atoms with van der Waals surface area (Å²) >= 11 is 0. The van der Waals surface area contributed by atoms with Gasteiger partial charge in [0.25, 0.3) is 5.69 Å². The van der Waals surface area contributed by atoms with Crippen molar-refractivity contribution >= 4 is 11.4 Å². The molecule has 0 amide bonds. The number of hydrogen-bond acceptors (Lipinski definition) is 4. The Kier molecular flexibility index (Phi) is 4.64. The van der Waals surface area contributed by atoms with E-state index in [9.17, 15) is 10.1 Å². The molecule has 1 saturated heterocycles. The van der Waals surface area contributed by atoms with Crippen molar-refractivity contribution < 1.29 is 4.92 Å². The Morgan fingerprint density at radius 2 is 1.81 bits per heavy atom. The number of nitrogens with zero attached hydrogens (tertiary/aromatic N) is 3. The zero-order chi connectivity index (χ0) is 18.1. The number of nitro groups is 1. The lowest BCUT2D eigenvalue weighted by atomic mass is 10.1. The lowest BCUT2D eigenvalue weighted by Gasteiger charge is -2.37. The molecule has 2 aromatic carbocycles. The first-order valence-corrected chi connectivity index (χ1v) is 9.39. The van der Waals surface area contributed by atoms with Crippen LogP contribution in [0.2, 0.25) is 0 Å². The highest BCUT2D eigenvalue weighted by Crippen LogP contribution is 2.47. The summed E-state index contributed by atoms with van der Waals surface area (Å²) in [6.45, 7) is 7.25. The van der Waals surface area contributed by atoms with Gasteiger partial charge in [0.2, 0.25) is 0 Å². The molecule has 1 aliphatic carbocycles. The number of piperazine rings is 1. The maximum absolute atomic E-state index is 10.9. The van der Waals surface area contributed by atoms with Crippen molar-refractivity contribution in [1.29, 1.82) is 0 Å². The first kappa shape index (κ1) is 17.0. The fraction of sp³-hybridized carbons (Fsp3) is 0.429. The van der Waals surface area contributed by atoms with Gasteiger partial charge in [-0.25, -0.2) is 0 Å². The first-order valence-electron chi connectivity index (χ1n) is 9.39. The fourth-order valence-corrected chi connectivity index (χ4v) is 4.17. The van der Waals surface area contributed by atoms with E-state index < -0.39 is 0 Å². The Bertz CT molecular complexity index is 785. The molecule has 0 unspecified atom stereocenters. The van der Waals surface area contributed by atoms with Gasteiger partial charge >= 0.3 is 0 Å². The Morgan fingerprint density at radius 3 is 2.46 bits per heavy atom. The molecule has 0 radical (unpaired) electrons. The lowest BCUT2D eigenvalue weighted by molar-refractivity contribution is -0.384. The molecule has 1 aliphatic heterocycles. The molecule has 0 N–H and O–H groups in total. The SMILES string of the molecule is Cc1cc([N+](=O)[O-])ccc1N1CCN(C[C@H]2C[C@@H]2c2ccccc2)CC1. The number of aryl methyl sites for hydroxylation is 1. The van der Waals surface area contributed by atoms with E-state index in [-0.39, 0.29) is 10.6 Å². The largest absolute Gasteiger partial charge is 0.369 e. The van der Waals surface area contributed by atoms with E-state index in [2.05, 4.69) is 40.1 Å². The van der Waals surface area contributed by atoms with Crippen LogP contribution in [0.1, 0.15) is 23.5 Å². The molecule has 136 valence electrons. The van der Waals surface area contributed by atoms with Crippen molar-refractivity contribution in [1.82, 2.24) is 4.90 Å². The first-order chi connectivity index (χ1) is 12.6. The number of non-ortho nitro benzene ring substituents is 1. The molecule has 26 heavy (non-hydrogen) atoms. The van der Waals surface area contributed by atoms with Gasteiger partial charge < -0.3 is 4.90 Å². The molecule has 0 spiro atoms. The van der Waals surface area contributed by atoms with Crippen LogP contribution in [-0.2, 0) is 0 Å². The third-order valence-electron chi connectivity index (χ3n) is 5.75. The van der Waals surface area contributed by atoms with Gasteiger partial charge in [-0.15, -0.1) is 0 Å². The van der Waals surface area contributed by atoms with Gasteiger partial charge in [-0.1, -0.05) is 30.3 Å². The topological polar surface area (TPSA) is 49.6 Å². The van der Waals surface area contributed by atoms with E-state index in [1.54, 1.807) is 12.1 Å². The summed E-state index contributed by atoms with van der Waals surface area (Å²) < 4.78 is 0. The van der Waals surface area contributed by atoms with Crippen molar-refractivity contribution in [2.24, 2.45) is 5.92 Å². The van der Waals surface area contributed by atoms with Crippen LogP contribution in [0.3, 0.4) is 0 Å². The van der Waals surface area contributed by atoms with E-state index >= 15 is 0 Å². The maximum atomic E-state index is 10.9. The molecule has 2 fully saturated rings. The van der Waals surface area contributed by atoms with Crippen molar-refractivity contribution in [2.75, 3.05) is 37.6 Å².